The summed E-state index contributed by atoms with van der Waals surface area (Å²) in [5.74, 6) is 0.944. The van der Waals surface area contributed by atoms with E-state index < -0.39 is 0 Å². The number of rotatable bonds is 3. The zero-order valence-corrected chi connectivity index (χ0v) is 10.8. The molecule has 0 fully saturated rings. The van der Waals surface area contributed by atoms with Crippen LogP contribution in [-0.2, 0) is 0 Å². The number of alkyl halides is 1. The number of benzene rings is 2. The minimum atomic E-state index is 0.679. The normalized spacial score (nSPS) is 11.1. The van der Waals surface area contributed by atoms with Crippen molar-refractivity contribution in [2.24, 2.45) is 0 Å². The van der Waals surface area contributed by atoms with Crippen molar-refractivity contribution in [3.63, 3.8) is 0 Å². The van der Waals surface area contributed by atoms with Gasteiger partial charge in [-0.1, -0.05) is 40.2 Å². The van der Waals surface area contributed by atoms with Gasteiger partial charge in [0.25, 0.3) is 0 Å². The molecule has 3 rings (SSSR count). The highest BCUT2D eigenvalue weighted by atomic mass is 79.9. The van der Waals surface area contributed by atoms with E-state index in [4.69, 9.17) is 4.74 Å². The first-order valence-corrected chi connectivity index (χ1v) is 6.70. The molecule has 0 spiro atoms. The van der Waals surface area contributed by atoms with Crippen molar-refractivity contribution in [3.8, 4) is 5.75 Å². The standard InChI is InChI=1S/C14H12BrNO/c15-8-9-17-13-7-3-6-12-14(13)10-4-1-2-5-11(10)16-12/h1-7,16H,8-9H2. The summed E-state index contributed by atoms with van der Waals surface area (Å²) in [4.78, 5) is 3.40. The number of hydrogen-bond acceptors (Lipinski definition) is 1. The molecule has 1 N–H and O–H groups in total. The van der Waals surface area contributed by atoms with E-state index in [1.54, 1.807) is 0 Å². The molecule has 0 aliphatic heterocycles. The van der Waals surface area contributed by atoms with Gasteiger partial charge in [0, 0.05) is 21.6 Å². The van der Waals surface area contributed by atoms with Crippen LogP contribution < -0.4 is 4.74 Å². The predicted molar refractivity (Wildman–Crippen MR) is 75.1 cm³/mol. The van der Waals surface area contributed by atoms with Gasteiger partial charge in [-0.05, 0) is 18.2 Å². The molecule has 2 aromatic carbocycles. The maximum atomic E-state index is 5.77. The Kier molecular flexibility index (Phi) is 2.77. The fourth-order valence-electron chi connectivity index (χ4n) is 2.14. The second-order valence-electron chi connectivity index (χ2n) is 3.89. The van der Waals surface area contributed by atoms with Crippen LogP contribution in [0.2, 0.25) is 0 Å². The van der Waals surface area contributed by atoms with E-state index in [2.05, 4.69) is 45.2 Å². The minimum Gasteiger partial charge on any atom is -0.492 e. The molecule has 0 saturated heterocycles. The Morgan fingerprint density at radius 1 is 1.00 bits per heavy atom. The fourth-order valence-corrected chi connectivity index (χ4v) is 2.30. The number of hydrogen-bond donors (Lipinski definition) is 1. The van der Waals surface area contributed by atoms with E-state index in [-0.39, 0.29) is 0 Å². The lowest BCUT2D eigenvalue weighted by Crippen LogP contribution is -1.97. The van der Waals surface area contributed by atoms with Crippen LogP contribution >= 0.6 is 15.9 Å². The molecular weight excluding hydrogens is 278 g/mol. The second kappa shape index (κ2) is 4.41. The third-order valence-corrected chi connectivity index (χ3v) is 3.15. The van der Waals surface area contributed by atoms with Crippen molar-refractivity contribution in [3.05, 3.63) is 42.5 Å². The van der Waals surface area contributed by atoms with Gasteiger partial charge in [-0.2, -0.15) is 0 Å². The van der Waals surface area contributed by atoms with Crippen molar-refractivity contribution in [2.45, 2.75) is 0 Å². The number of halogens is 1. The summed E-state index contributed by atoms with van der Waals surface area (Å²) >= 11 is 3.38. The van der Waals surface area contributed by atoms with Gasteiger partial charge in [0.15, 0.2) is 0 Å². The number of fused-ring (bicyclic) bond motifs is 3. The summed E-state index contributed by atoms with van der Waals surface area (Å²) in [5.41, 5.74) is 2.27. The molecule has 0 radical (unpaired) electrons. The Balaban J connectivity index is 2.28. The lowest BCUT2D eigenvalue weighted by atomic mass is 10.1. The molecule has 0 aliphatic rings. The van der Waals surface area contributed by atoms with Crippen LogP contribution in [0.5, 0.6) is 5.75 Å². The summed E-state index contributed by atoms with van der Waals surface area (Å²) in [6.07, 6.45) is 0. The molecule has 3 aromatic rings. The SMILES string of the molecule is BrCCOc1cccc2[nH]c3ccccc3c12. The van der Waals surface area contributed by atoms with Gasteiger partial charge < -0.3 is 9.72 Å². The van der Waals surface area contributed by atoms with E-state index in [9.17, 15) is 0 Å². The molecule has 2 nitrogen and oxygen atoms in total. The number of nitrogens with one attached hydrogen (secondary N) is 1. The Morgan fingerprint density at radius 3 is 2.71 bits per heavy atom. The van der Waals surface area contributed by atoms with Gasteiger partial charge in [0.1, 0.15) is 5.75 Å². The topological polar surface area (TPSA) is 25.0 Å². The molecule has 0 aliphatic carbocycles. The average Bonchev–Trinajstić information content (AvgIpc) is 2.75. The third kappa shape index (κ3) is 1.80. The molecular formula is C14H12BrNO. The number of aromatic nitrogens is 1. The van der Waals surface area contributed by atoms with Crippen molar-refractivity contribution < 1.29 is 4.74 Å². The summed E-state index contributed by atoms with van der Waals surface area (Å²) < 4.78 is 5.77. The van der Waals surface area contributed by atoms with E-state index >= 15 is 0 Å². The van der Waals surface area contributed by atoms with Crippen LogP contribution in [-0.4, -0.2) is 16.9 Å². The largest absolute Gasteiger partial charge is 0.492 e. The van der Waals surface area contributed by atoms with Gasteiger partial charge in [-0.3, -0.25) is 0 Å². The monoisotopic (exact) mass is 289 g/mol. The summed E-state index contributed by atoms with van der Waals surface area (Å²) in [5, 5.41) is 3.22. The quantitative estimate of drug-likeness (QED) is 0.722. The maximum absolute atomic E-state index is 5.77. The second-order valence-corrected chi connectivity index (χ2v) is 4.68. The smallest absolute Gasteiger partial charge is 0.129 e. The van der Waals surface area contributed by atoms with Gasteiger partial charge in [0.2, 0.25) is 0 Å². The molecule has 1 aromatic heterocycles. The summed E-state index contributed by atoms with van der Waals surface area (Å²) in [7, 11) is 0. The maximum Gasteiger partial charge on any atom is 0.129 e. The zero-order chi connectivity index (χ0) is 11.7. The van der Waals surface area contributed by atoms with Crippen LogP contribution in [0.4, 0.5) is 0 Å². The number of para-hydroxylation sites is 1. The molecule has 17 heavy (non-hydrogen) atoms. The van der Waals surface area contributed by atoms with E-state index in [0.29, 0.717) is 6.61 Å². The highest BCUT2D eigenvalue weighted by molar-refractivity contribution is 9.09. The minimum absolute atomic E-state index is 0.679. The summed E-state index contributed by atoms with van der Waals surface area (Å²) in [6.45, 7) is 0.679. The van der Waals surface area contributed by atoms with Crippen molar-refractivity contribution in [2.75, 3.05) is 11.9 Å². The molecule has 0 unspecified atom stereocenters. The molecule has 0 amide bonds. The molecule has 0 saturated carbocycles. The van der Waals surface area contributed by atoms with Crippen LogP contribution in [0.15, 0.2) is 42.5 Å². The first-order chi connectivity index (χ1) is 8.40. The Hall–Kier alpha value is -1.48. The Morgan fingerprint density at radius 2 is 1.82 bits per heavy atom. The molecule has 1 heterocycles. The lowest BCUT2D eigenvalue weighted by Gasteiger charge is -2.05. The van der Waals surface area contributed by atoms with Crippen molar-refractivity contribution in [1.82, 2.24) is 4.98 Å². The molecule has 3 heteroatoms. The number of ether oxygens (including phenoxy) is 1. The lowest BCUT2D eigenvalue weighted by molar-refractivity contribution is 0.349. The Bertz CT molecular complexity index is 659. The number of H-pyrrole nitrogens is 1. The van der Waals surface area contributed by atoms with Gasteiger partial charge >= 0.3 is 0 Å². The predicted octanol–water partition coefficient (Wildman–Crippen LogP) is 4.09. The highest BCUT2D eigenvalue weighted by Gasteiger charge is 2.08. The van der Waals surface area contributed by atoms with E-state index in [0.717, 1.165) is 22.1 Å². The average molecular weight is 290 g/mol. The molecule has 0 bridgehead atoms. The first-order valence-electron chi connectivity index (χ1n) is 5.58. The highest BCUT2D eigenvalue weighted by Crippen LogP contribution is 2.32. The van der Waals surface area contributed by atoms with Gasteiger partial charge in [0.05, 0.1) is 12.1 Å². The first kappa shape index (κ1) is 10.7. The fraction of sp³-hybridized carbons (Fsp3) is 0.143. The van der Waals surface area contributed by atoms with Crippen LogP contribution in [0.3, 0.4) is 0 Å². The molecule has 86 valence electrons. The molecule has 0 atom stereocenters. The van der Waals surface area contributed by atoms with Crippen molar-refractivity contribution in [1.29, 1.82) is 0 Å². The van der Waals surface area contributed by atoms with Crippen LogP contribution in [0, 0.1) is 0 Å². The van der Waals surface area contributed by atoms with Crippen LogP contribution in [0.25, 0.3) is 21.8 Å². The Labute approximate surface area is 108 Å². The zero-order valence-electron chi connectivity index (χ0n) is 9.24. The summed E-state index contributed by atoms with van der Waals surface area (Å²) in [6, 6.07) is 14.4. The third-order valence-electron chi connectivity index (χ3n) is 2.83. The van der Waals surface area contributed by atoms with Crippen molar-refractivity contribution >= 4 is 37.7 Å². The number of aromatic amines is 1. The van der Waals surface area contributed by atoms with Gasteiger partial charge in [-0.15, -0.1) is 0 Å². The van der Waals surface area contributed by atoms with Gasteiger partial charge in [-0.25, -0.2) is 0 Å². The van der Waals surface area contributed by atoms with E-state index in [1.165, 1.54) is 10.8 Å². The van der Waals surface area contributed by atoms with E-state index in [1.807, 2.05) is 18.2 Å². The van der Waals surface area contributed by atoms with Crippen LogP contribution in [0.1, 0.15) is 0 Å².